The van der Waals surface area contributed by atoms with Crippen LogP contribution in [0.5, 0.6) is 0 Å². The SMILES string of the molecule is O=C(O)CC1CCCc2[nH]c(C=C3C(=O)Nc4ccc(CCCl)cc43)cc21. The van der Waals surface area contributed by atoms with Crippen LogP contribution in [0.15, 0.2) is 24.3 Å². The lowest BCUT2D eigenvalue weighted by Gasteiger charge is -2.20. The van der Waals surface area contributed by atoms with E-state index in [1.165, 1.54) is 0 Å². The van der Waals surface area contributed by atoms with E-state index in [0.29, 0.717) is 11.5 Å². The number of hydrogen-bond donors (Lipinski definition) is 3. The van der Waals surface area contributed by atoms with Gasteiger partial charge in [0.2, 0.25) is 0 Å². The van der Waals surface area contributed by atoms with Gasteiger partial charge in [-0.3, -0.25) is 9.59 Å². The maximum atomic E-state index is 12.5. The van der Waals surface area contributed by atoms with E-state index in [4.69, 9.17) is 16.7 Å². The maximum absolute atomic E-state index is 12.5. The predicted molar refractivity (Wildman–Crippen MR) is 106 cm³/mol. The molecule has 1 atom stereocenters. The van der Waals surface area contributed by atoms with Crippen molar-refractivity contribution >= 4 is 40.8 Å². The van der Waals surface area contributed by atoms with Crippen LogP contribution in [-0.4, -0.2) is 27.8 Å². The van der Waals surface area contributed by atoms with Crippen LogP contribution in [-0.2, 0) is 22.4 Å². The summed E-state index contributed by atoms with van der Waals surface area (Å²) < 4.78 is 0. The van der Waals surface area contributed by atoms with E-state index in [1.54, 1.807) is 0 Å². The molecule has 27 heavy (non-hydrogen) atoms. The maximum Gasteiger partial charge on any atom is 0.303 e. The third-order valence-electron chi connectivity index (χ3n) is 5.34. The van der Waals surface area contributed by atoms with Crippen molar-refractivity contribution in [2.24, 2.45) is 0 Å². The number of aliphatic carboxylic acids is 1. The van der Waals surface area contributed by atoms with Gasteiger partial charge in [0.05, 0.1) is 12.0 Å². The van der Waals surface area contributed by atoms with Crippen molar-refractivity contribution in [2.75, 3.05) is 11.2 Å². The molecule has 4 rings (SSSR count). The number of nitrogens with one attached hydrogen (secondary N) is 2. The minimum absolute atomic E-state index is 0.0367. The van der Waals surface area contributed by atoms with Crippen LogP contribution in [0.2, 0.25) is 0 Å². The molecule has 1 unspecified atom stereocenters. The number of anilines is 1. The molecule has 2 heterocycles. The zero-order valence-electron chi connectivity index (χ0n) is 14.8. The van der Waals surface area contributed by atoms with Crippen molar-refractivity contribution in [2.45, 2.75) is 38.0 Å². The number of carbonyl (C=O) groups excluding carboxylic acids is 1. The number of aromatic amines is 1. The molecule has 0 saturated heterocycles. The summed E-state index contributed by atoms with van der Waals surface area (Å²) in [5.74, 6) is -0.324. The largest absolute Gasteiger partial charge is 0.481 e. The van der Waals surface area contributed by atoms with E-state index in [2.05, 4.69) is 10.3 Å². The van der Waals surface area contributed by atoms with Gasteiger partial charge in [-0.05, 0) is 67.0 Å². The summed E-state index contributed by atoms with van der Waals surface area (Å²) in [6.45, 7) is 0. The van der Waals surface area contributed by atoms with Crippen molar-refractivity contribution in [3.05, 3.63) is 52.3 Å². The van der Waals surface area contributed by atoms with Gasteiger partial charge >= 0.3 is 5.97 Å². The first kappa shape index (κ1) is 17.9. The summed E-state index contributed by atoms with van der Waals surface area (Å²) in [6.07, 6.45) is 5.54. The molecule has 0 radical (unpaired) electrons. The van der Waals surface area contributed by atoms with Gasteiger partial charge in [0.1, 0.15) is 0 Å². The van der Waals surface area contributed by atoms with Crippen molar-refractivity contribution in [1.29, 1.82) is 0 Å². The van der Waals surface area contributed by atoms with Crippen LogP contribution in [0, 0.1) is 0 Å². The summed E-state index contributed by atoms with van der Waals surface area (Å²) in [4.78, 5) is 27.0. The van der Waals surface area contributed by atoms with Gasteiger partial charge in [-0.15, -0.1) is 11.6 Å². The Balaban J connectivity index is 1.69. The highest BCUT2D eigenvalue weighted by Crippen LogP contribution is 2.37. The molecule has 3 N–H and O–H groups in total. The zero-order chi connectivity index (χ0) is 19.0. The Morgan fingerprint density at radius 1 is 1.33 bits per heavy atom. The van der Waals surface area contributed by atoms with E-state index < -0.39 is 5.97 Å². The molecule has 1 aliphatic heterocycles. The average molecular weight is 385 g/mol. The average Bonchev–Trinajstić information content (AvgIpc) is 3.17. The number of carboxylic acids is 1. The van der Waals surface area contributed by atoms with E-state index in [1.807, 2.05) is 30.3 Å². The first-order valence-electron chi connectivity index (χ1n) is 9.21. The van der Waals surface area contributed by atoms with Crippen LogP contribution in [0.4, 0.5) is 5.69 Å². The summed E-state index contributed by atoms with van der Waals surface area (Å²) in [5.41, 5.74) is 6.42. The number of aromatic nitrogens is 1. The Morgan fingerprint density at radius 2 is 2.19 bits per heavy atom. The number of alkyl halides is 1. The van der Waals surface area contributed by atoms with Gasteiger partial charge in [-0.2, -0.15) is 0 Å². The zero-order valence-corrected chi connectivity index (χ0v) is 15.6. The molecule has 1 aromatic heterocycles. The monoisotopic (exact) mass is 384 g/mol. The van der Waals surface area contributed by atoms with E-state index >= 15 is 0 Å². The van der Waals surface area contributed by atoms with Gasteiger partial charge in [0.15, 0.2) is 0 Å². The van der Waals surface area contributed by atoms with Gasteiger partial charge in [0.25, 0.3) is 5.91 Å². The Hall–Kier alpha value is -2.53. The summed E-state index contributed by atoms with van der Waals surface area (Å²) in [6, 6.07) is 7.91. The van der Waals surface area contributed by atoms with E-state index in [-0.39, 0.29) is 18.2 Å². The van der Waals surface area contributed by atoms with Gasteiger partial charge in [0, 0.05) is 28.5 Å². The molecular weight excluding hydrogens is 364 g/mol. The lowest BCUT2D eigenvalue weighted by molar-refractivity contribution is -0.137. The smallest absolute Gasteiger partial charge is 0.303 e. The molecule has 5 nitrogen and oxygen atoms in total. The highest BCUT2D eigenvalue weighted by atomic mass is 35.5. The molecule has 1 aromatic carbocycles. The summed E-state index contributed by atoms with van der Waals surface area (Å²) in [7, 11) is 0. The normalized spacial score (nSPS) is 19.7. The van der Waals surface area contributed by atoms with Crippen LogP contribution >= 0.6 is 11.6 Å². The summed E-state index contributed by atoms with van der Waals surface area (Å²) >= 11 is 5.85. The standard InChI is InChI=1S/C21H21ClN2O3/c22-7-6-12-4-5-19-16(8-12)17(21(27)24-19)11-14-10-15-13(9-20(25)26)2-1-3-18(15)23-14/h4-5,8,10-11,13,23H,1-3,6-7,9H2,(H,24,27)(H,25,26). The third-order valence-corrected chi connectivity index (χ3v) is 5.53. The highest BCUT2D eigenvalue weighted by Gasteiger charge is 2.27. The number of aryl methyl sites for hydroxylation is 2. The number of carboxylic acid groups (broad SMARTS) is 1. The summed E-state index contributed by atoms with van der Waals surface area (Å²) in [5, 5.41) is 12.1. The molecule has 140 valence electrons. The molecular formula is C21H21ClN2O3. The topological polar surface area (TPSA) is 82.2 Å². The quantitative estimate of drug-likeness (QED) is 0.534. The Morgan fingerprint density at radius 3 is 2.96 bits per heavy atom. The molecule has 1 aliphatic carbocycles. The minimum Gasteiger partial charge on any atom is -0.481 e. The Labute approximate surface area is 162 Å². The fourth-order valence-corrected chi connectivity index (χ4v) is 4.31. The van der Waals surface area contributed by atoms with Crippen LogP contribution in [0.25, 0.3) is 11.6 Å². The molecule has 2 aliphatic rings. The second-order valence-electron chi connectivity index (χ2n) is 7.18. The Kier molecular flexibility index (Phi) is 4.79. The van der Waals surface area contributed by atoms with Crippen molar-refractivity contribution in [1.82, 2.24) is 4.98 Å². The predicted octanol–water partition coefficient (Wildman–Crippen LogP) is 4.18. The minimum atomic E-state index is -0.773. The number of amides is 1. The lowest BCUT2D eigenvalue weighted by Crippen LogP contribution is -2.12. The van der Waals surface area contributed by atoms with Crippen LogP contribution in [0.1, 0.15) is 53.3 Å². The van der Waals surface area contributed by atoms with Crippen LogP contribution < -0.4 is 5.32 Å². The number of benzene rings is 1. The molecule has 0 fully saturated rings. The number of fused-ring (bicyclic) bond motifs is 2. The molecule has 0 saturated carbocycles. The highest BCUT2D eigenvalue weighted by molar-refractivity contribution is 6.34. The Bertz CT molecular complexity index is 945. The van der Waals surface area contributed by atoms with Crippen molar-refractivity contribution < 1.29 is 14.7 Å². The fraction of sp³-hybridized carbons (Fsp3) is 0.333. The molecule has 0 bridgehead atoms. The van der Waals surface area contributed by atoms with E-state index in [9.17, 15) is 9.59 Å². The van der Waals surface area contributed by atoms with Gasteiger partial charge in [-0.25, -0.2) is 0 Å². The second-order valence-corrected chi connectivity index (χ2v) is 7.55. The van der Waals surface area contributed by atoms with Gasteiger partial charge < -0.3 is 15.4 Å². The number of rotatable bonds is 5. The number of hydrogen-bond acceptors (Lipinski definition) is 2. The fourth-order valence-electron chi connectivity index (χ4n) is 4.09. The second kappa shape index (κ2) is 7.24. The third kappa shape index (κ3) is 3.52. The van der Waals surface area contributed by atoms with Crippen LogP contribution in [0.3, 0.4) is 0 Å². The number of H-pyrrole nitrogens is 1. The van der Waals surface area contributed by atoms with Crippen molar-refractivity contribution in [3.8, 4) is 0 Å². The first-order valence-corrected chi connectivity index (χ1v) is 9.74. The first-order chi connectivity index (χ1) is 13.0. The molecule has 6 heteroatoms. The van der Waals surface area contributed by atoms with Gasteiger partial charge in [-0.1, -0.05) is 6.07 Å². The molecule has 2 aromatic rings. The van der Waals surface area contributed by atoms with E-state index in [0.717, 1.165) is 59.4 Å². The lowest BCUT2D eigenvalue weighted by atomic mass is 9.85. The van der Waals surface area contributed by atoms with Crippen molar-refractivity contribution in [3.63, 3.8) is 0 Å². The number of carbonyl (C=O) groups is 2. The number of halogens is 1. The molecule has 0 spiro atoms. The molecule has 1 amide bonds.